The monoisotopic (exact) mass is 386 g/mol. The van der Waals surface area contributed by atoms with Crippen molar-refractivity contribution in [2.24, 2.45) is 5.92 Å². The lowest BCUT2D eigenvalue weighted by atomic mass is 9.87. The predicted octanol–water partition coefficient (Wildman–Crippen LogP) is 3.36. The quantitative estimate of drug-likeness (QED) is 0.844. The molecule has 1 aromatic rings. The van der Waals surface area contributed by atoms with E-state index in [4.69, 9.17) is 0 Å². The highest BCUT2D eigenvalue weighted by molar-refractivity contribution is 7.93. The summed E-state index contributed by atoms with van der Waals surface area (Å²) in [4.78, 5) is 14.2. The van der Waals surface area contributed by atoms with Crippen molar-refractivity contribution in [3.8, 4) is 0 Å². The van der Waals surface area contributed by atoms with Gasteiger partial charge in [0.15, 0.2) is 9.84 Å². The van der Waals surface area contributed by atoms with Crippen LogP contribution in [0, 0.1) is 5.92 Å². The lowest BCUT2D eigenvalue weighted by Gasteiger charge is -2.40. The van der Waals surface area contributed by atoms with Crippen molar-refractivity contribution in [3.63, 3.8) is 0 Å². The Hall–Kier alpha value is -1.96. The fraction of sp³-hybridized carbons (Fsp3) is 0.500. The highest BCUT2D eigenvalue weighted by Gasteiger charge is 2.36. The van der Waals surface area contributed by atoms with Crippen LogP contribution >= 0.6 is 0 Å². The van der Waals surface area contributed by atoms with E-state index in [0.717, 1.165) is 17.2 Å². The molecule has 1 aromatic carbocycles. The maximum Gasteiger partial charge on any atom is 0.318 e. The summed E-state index contributed by atoms with van der Waals surface area (Å²) in [5.41, 5.74) is 0.812. The number of benzene rings is 1. The third-order valence-electron chi connectivity index (χ3n) is 4.41. The number of amides is 2. The molecule has 0 saturated carbocycles. The Morgan fingerprint density at radius 3 is 2.54 bits per heavy atom. The second-order valence-electron chi connectivity index (χ2n) is 6.64. The molecule has 1 N–H and O–H groups in total. The number of likely N-dealkylation sites (tertiary alicyclic amines) is 1. The first-order valence-electron chi connectivity index (χ1n) is 8.46. The van der Waals surface area contributed by atoms with Crippen molar-refractivity contribution in [2.75, 3.05) is 12.8 Å². The first kappa shape index (κ1) is 20.4. The van der Waals surface area contributed by atoms with E-state index in [1.54, 1.807) is 11.8 Å². The van der Waals surface area contributed by atoms with Crippen LogP contribution in [-0.4, -0.2) is 44.6 Å². The fourth-order valence-electron chi connectivity index (χ4n) is 3.04. The number of hydrogen-bond donors (Lipinski definition) is 1. The zero-order valence-corrected chi connectivity index (χ0v) is 15.6. The summed E-state index contributed by atoms with van der Waals surface area (Å²) in [6.07, 6.45) is 0.475. The Bertz CT molecular complexity index is 738. The number of piperidine rings is 1. The molecule has 1 heterocycles. The molecular weight excluding hydrogens is 362 g/mol. The van der Waals surface area contributed by atoms with Gasteiger partial charge in [-0.25, -0.2) is 22.0 Å². The Balaban J connectivity index is 2.14. The standard InChI is InChI=1S/C18H24F2N2O3S/c1-13(9-11-26(2,24)25)21-18(23)22-10-8-15(17(19)20)12-16(22)14-6-4-3-5-7-14/h3-7,9,11,13,15-17H,8,10,12H2,1-2H3,(H,21,23)/b11-9+/t13?,15-,16+/m0/s1. The average Bonchev–Trinajstić information content (AvgIpc) is 2.59. The number of carbonyl (C=O) groups is 1. The van der Waals surface area contributed by atoms with Crippen LogP contribution in [-0.2, 0) is 9.84 Å². The minimum Gasteiger partial charge on any atom is -0.332 e. The van der Waals surface area contributed by atoms with Gasteiger partial charge in [0.2, 0.25) is 6.43 Å². The van der Waals surface area contributed by atoms with E-state index in [1.165, 1.54) is 6.08 Å². The molecular formula is C18H24F2N2O3S. The zero-order valence-electron chi connectivity index (χ0n) is 14.8. The maximum absolute atomic E-state index is 13.2. The van der Waals surface area contributed by atoms with Crippen molar-refractivity contribution in [1.29, 1.82) is 0 Å². The van der Waals surface area contributed by atoms with Crippen molar-refractivity contribution in [3.05, 3.63) is 47.4 Å². The van der Waals surface area contributed by atoms with E-state index < -0.39 is 40.3 Å². The Morgan fingerprint density at radius 2 is 1.96 bits per heavy atom. The van der Waals surface area contributed by atoms with Gasteiger partial charge >= 0.3 is 6.03 Å². The molecule has 1 fully saturated rings. The second kappa shape index (κ2) is 8.62. The zero-order chi connectivity index (χ0) is 19.3. The van der Waals surface area contributed by atoms with Crippen LogP contribution in [0.5, 0.6) is 0 Å². The normalized spacial score (nSPS) is 22.6. The number of nitrogens with zero attached hydrogens (tertiary/aromatic N) is 1. The van der Waals surface area contributed by atoms with E-state index >= 15 is 0 Å². The van der Waals surface area contributed by atoms with Gasteiger partial charge in [-0.05, 0) is 25.3 Å². The molecule has 0 bridgehead atoms. The molecule has 2 amide bonds. The molecule has 1 unspecified atom stereocenters. The van der Waals surface area contributed by atoms with Gasteiger partial charge in [0.1, 0.15) is 0 Å². The summed E-state index contributed by atoms with van der Waals surface area (Å²) >= 11 is 0. The summed E-state index contributed by atoms with van der Waals surface area (Å²) < 4.78 is 48.7. The number of carbonyl (C=O) groups excluding carboxylic acids is 1. The topological polar surface area (TPSA) is 66.5 Å². The number of alkyl halides is 2. The van der Waals surface area contributed by atoms with Crippen LogP contribution in [0.25, 0.3) is 0 Å². The molecule has 26 heavy (non-hydrogen) atoms. The number of rotatable bonds is 5. The first-order valence-corrected chi connectivity index (χ1v) is 10.4. The summed E-state index contributed by atoms with van der Waals surface area (Å²) in [6, 6.07) is 7.79. The third kappa shape index (κ3) is 5.79. The van der Waals surface area contributed by atoms with Crippen molar-refractivity contribution < 1.29 is 22.0 Å². The summed E-state index contributed by atoms with van der Waals surface area (Å²) in [5, 5.41) is 3.75. The number of sulfone groups is 1. The van der Waals surface area contributed by atoms with Gasteiger partial charge < -0.3 is 10.2 Å². The smallest absolute Gasteiger partial charge is 0.318 e. The predicted molar refractivity (Wildman–Crippen MR) is 96.6 cm³/mol. The molecule has 0 spiro atoms. The third-order valence-corrected chi connectivity index (χ3v) is 5.06. The SMILES string of the molecule is CC(/C=C/S(C)(=O)=O)NC(=O)N1CC[C@H](C(F)F)C[C@@H]1c1ccccc1. The van der Waals surface area contributed by atoms with Crippen molar-refractivity contribution >= 4 is 15.9 Å². The van der Waals surface area contributed by atoms with E-state index in [-0.39, 0.29) is 19.4 Å². The van der Waals surface area contributed by atoms with Crippen molar-refractivity contribution in [2.45, 2.75) is 38.3 Å². The Kier molecular flexibility index (Phi) is 6.75. The van der Waals surface area contributed by atoms with E-state index in [2.05, 4.69) is 5.32 Å². The first-order chi connectivity index (χ1) is 12.2. The molecule has 3 atom stereocenters. The molecule has 8 heteroatoms. The van der Waals surface area contributed by atoms with E-state index in [9.17, 15) is 22.0 Å². The molecule has 0 aromatic heterocycles. The van der Waals surface area contributed by atoms with E-state index in [0.29, 0.717) is 0 Å². The molecule has 5 nitrogen and oxygen atoms in total. The van der Waals surface area contributed by atoms with Crippen LogP contribution in [0.2, 0.25) is 0 Å². The summed E-state index contributed by atoms with van der Waals surface area (Å²) in [7, 11) is -3.28. The largest absolute Gasteiger partial charge is 0.332 e. The molecule has 1 saturated heterocycles. The number of urea groups is 1. The molecule has 0 aliphatic carbocycles. The van der Waals surface area contributed by atoms with Gasteiger partial charge in [-0.3, -0.25) is 0 Å². The van der Waals surface area contributed by atoms with Crippen LogP contribution in [0.4, 0.5) is 13.6 Å². The van der Waals surface area contributed by atoms with Crippen LogP contribution in [0.15, 0.2) is 41.8 Å². The minimum absolute atomic E-state index is 0.197. The molecule has 2 rings (SSSR count). The van der Waals surface area contributed by atoms with Gasteiger partial charge in [0.05, 0.1) is 6.04 Å². The van der Waals surface area contributed by atoms with Gasteiger partial charge in [0.25, 0.3) is 0 Å². The average molecular weight is 386 g/mol. The number of hydrogen-bond acceptors (Lipinski definition) is 3. The molecule has 1 aliphatic heterocycles. The lowest BCUT2D eigenvalue weighted by Crippen LogP contribution is -2.49. The Morgan fingerprint density at radius 1 is 1.31 bits per heavy atom. The maximum atomic E-state index is 13.2. The number of halogens is 2. The van der Waals surface area contributed by atoms with Gasteiger partial charge in [-0.1, -0.05) is 36.4 Å². The minimum atomic E-state index is -3.28. The highest BCUT2D eigenvalue weighted by Crippen LogP contribution is 2.36. The van der Waals surface area contributed by atoms with Gasteiger partial charge in [-0.15, -0.1) is 0 Å². The van der Waals surface area contributed by atoms with Gasteiger partial charge in [-0.2, -0.15) is 0 Å². The second-order valence-corrected chi connectivity index (χ2v) is 8.57. The fourth-order valence-corrected chi connectivity index (χ4v) is 3.56. The van der Waals surface area contributed by atoms with Gasteiger partial charge in [0, 0.05) is 30.2 Å². The Labute approximate surface area is 153 Å². The summed E-state index contributed by atoms with van der Waals surface area (Å²) in [5.74, 6) is -0.744. The van der Waals surface area contributed by atoms with E-state index in [1.807, 2.05) is 30.3 Å². The molecule has 144 valence electrons. The summed E-state index contributed by atoms with van der Waals surface area (Å²) in [6.45, 7) is 1.88. The molecule has 1 aliphatic rings. The van der Waals surface area contributed by atoms with Crippen molar-refractivity contribution in [1.82, 2.24) is 10.2 Å². The van der Waals surface area contributed by atoms with Crippen LogP contribution in [0.3, 0.4) is 0 Å². The van der Waals surface area contributed by atoms with Crippen LogP contribution in [0.1, 0.15) is 31.4 Å². The molecule has 0 radical (unpaired) electrons. The highest BCUT2D eigenvalue weighted by atomic mass is 32.2. The lowest BCUT2D eigenvalue weighted by molar-refractivity contribution is 0.0216. The number of nitrogens with one attached hydrogen (secondary N) is 1. The van der Waals surface area contributed by atoms with Crippen LogP contribution < -0.4 is 5.32 Å².